The smallest absolute Gasteiger partial charge is 0.358 e. The molecule has 16 heavy (non-hydrogen) atoms. The maximum absolute atomic E-state index is 10.8. The molecule has 6 heteroatoms. The Kier molecular flexibility index (Phi) is 2.32. The monoisotopic (exact) mass is 218 g/mol. The summed E-state index contributed by atoms with van der Waals surface area (Å²) in [6.45, 7) is 1.89. The summed E-state index contributed by atoms with van der Waals surface area (Å²) >= 11 is 0. The van der Waals surface area contributed by atoms with Gasteiger partial charge in [0.25, 0.3) is 0 Å². The molecule has 0 aromatic carbocycles. The van der Waals surface area contributed by atoms with E-state index in [1.807, 2.05) is 13.0 Å². The van der Waals surface area contributed by atoms with E-state index in [2.05, 4.69) is 10.1 Å². The molecule has 0 fully saturated rings. The first-order valence-corrected chi connectivity index (χ1v) is 4.58. The first-order chi connectivity index (χ1) is 7.58. The number of nitrogen functional groups attached to an aromatic ring is 1. The third-order valence-corrected chi connectivity index (χ3v) is 2.07. The summed E-state index contributed by atoms with van der Waals surface area (Å²) in [4.78, 5) is 14.8. The third kappa shape index (κ3) is 1.72. The fraction of sp³-hybridized carbons (Fsp3) is 0.100. The van der Waals surface area contributed by atoms with Gasteiger partial charge in [0.15, 0.2) is 5.69 Å². The number of carboxylic acid groups (broad SMARTS) is 1. The van der Waals surface area contributed by atoms with Crippen LogP contribution in [-0.4, -0.2) is 25.8 Å². The van der Waals surface area contributed by atoms with Crippen LogP contribution in [0.3, 0.4) is 0 Å². The number of carboxylic acids is 1. The molecule has 0 radical (unpaired) electrons. The van der Waals surface area contributed by atoms with Crippen molar-refractivity contribution in [3.63, 3.8) is 0 Å². The fourth-order valence-electron chi connectivity index (χ4n) is 1.35. The van der Waals surface area contributed by atoms with Crippen molar-refractivity contribution in [2.45, 2.75) is 6.92 Å². The van der Waals surface area contributed by atoms with Crippen LogP contribution in [0.15, 0.2) is 24.7 Å². The predicted octanol–water partition coefficient (Wildman–Crippen LogP) is 0.856. The highest BCUT2D eigenvalue weighted by Gasteiger charge is 2.13. The zero-order valence-corrected chi connectivity index (χ0v) is 8.58. The van der Waals surface area contributed by atoms with Crippen LogP contribution in [-0.2, 0) is 0 Å². The average molecular weight is 218 g/mol. The number of aryl methyl sites for hydroxylation is 1. The fourth-order valence-corrected chi connectivity index (χ4v) is 1.35. The molecule has 0 spiro atoms. The molecule has 0 saturated carbocycles. The number of rotatable bonds is 2. The molecule has 82 valence electrons. The SMILES string of the molecule is Cc1cncc(-n2cc(N)c(C(=O)O)n2)c1. The quantitative estimate of drug-likeness (QED) is 0.779. The van der Waals surface area contributed by atoms with Gasteiger partial charge in [-0.25, -0.2) is 9.48 Å². The van der Waals surface area contributed by atoms with Gasteiger partial charge in [-0.05, 0) is 18.6 Å². The molecule has 0 amide bonds. The molecule has 3 N–H and O–H groups in total. The van der Waals surface area contributed by atoms with Gasteiger partial charge in [-0.3, -0.25) is 4.98 Å². The molecule has 0 saturated heterocycles. The van der Waals surface area contributed by atoms with Crippen molar-refractivity contribution in [3.05, 3.63) is 35.9 Å². The van der Waals surface area contributed by atoms with Gasteiger partial charge in [-0.1, -0.05) is 0 Å². The van der Waals surface area contributed by atoms with E-state index in [4.69, 9.17) is 10.8 Å². The van der Waals surface area contributed by atoms with Crippen molar-refractivity contribution in [1.29, 1.82) is 0 Å². The number of aromatic carboxylic acids is 1. The summed E-state index contributed by atoms with van der Waals surface area (Å²) in [5, 5.41) is 12.7. The van der Waals surface area contributed by atoms with Crippen LogP contribution in [0.4, 0.5) is 5.69 Å². The Hall–Kier alpha value is -2.37. The zero-order valence-electron chi connectivity index (χ0n) is 8.58. The molecular formula is C10H10N4O2. The first kappa shape index (κ1) is 10.2. The second-order valence-corrected chi connectivity index (χ2v) is 3.40. The molecule has 2 rings (SSSR count). The summed E-state index contributed by atoms with van der Waals surface area (Å²) in [5.41, 5.74) is 7.16. The summed E-state index contributed by atoms with van der Waals surface area (Å²) in [6, 6.07) is 1.84. The molecule has 6 nitrogen and oxygen atoms in total. The van der Waals surface area contributed by atoms with Gasteiger partial charge in [0.05, 0.1) is 23.8 Å². The van der Waals surface area contributed by atoms with Gasteiger partial charge in [0.2, 0.25) is 0 Å². The lowest BCUT2D eigenvalue weighted by atomic mass is 10.3. The van der Waals surface area contributed by atoms with Crippen LogP contribution in [0.5, 0.6) is 0 Å². The Morgan fingerprint density at radius 1 is 1.50 bits per heavy atom. The number of nitrogens with zero attached hydrogens (tertiary/aromatic N) is 3. The second kappa shape index (κ2) is 3.65. The van der Waals surface area contributed by atoms with Crippen LogP contribution in [0.25, 0.3) is 5.69 Å². The van der Waals surface area contributed by atoms with Crippen molar-refractivity contribution >= 4 is 11.7 Å². The number of hydrogen-bond donors (Lipinski definition) is 2. The zero-order chi connectivity index (χ0) is 11.7. The average Bonchev–Trinajstić information content (AvgIpc) is 2.60. The van der Waals surface area contributed by atoms with Crippen molar-refractivity contribution in [2.75, 3.05) is 5.73 Å². The largest absolute Gasteiger partial charge is 0.476 e. The van der Waals surface area contributed by atoms with E-state index < -0.39 is 5.97 Å². The van der Waals surface area contributed by atoms with Gasteiger partial charge in [-0.15, -0.1) is 0 Å². The van der Waals surface area contributed by atoms with Crippen molar-refractivity contribution in [2.24, 2.45) is 0 Å². The predicted molar refractivity (Wildman–Crippen MR) is 57.5 cm³/mol. The van der Waals surface area contributed by atoms with Crippen LogP contribution in [0.2, 0.25) is 0 Å². The number of carbonyl (C=O) groups is 1. The highest BCUT2D eigenvalue weighted by Crippen LogP contribution is 2.14. The van der Waals surface area contributed by atoms with Crippen LogP contribution < -0.4 is 5.73 Å². The van der Waals surface area contributed by atoms with Gasteiger partial charge < -0.3 is 10.8 Å². The second-order valence-electron chi connectivity index (χ2n) is 3.40. The first-order valence-electron chi connectivity index (χ1n) is 4.58. The lowest BCUT2D eigenvalue weighted by Crippen LogP contribution is -2.02. The van der Waals surface area contributed by atoms with Gasteiger partial charge in [0, 0.05) is 6.20 Å². The lowest BCUT2D eigenvalue weighted by Gasteiger charge is -2.00. The van der Waals surface area contributed by atoms with Crippen LogP contribution >= 0.6 is 0 Å². The van der Waals surface area contributed by atoms with E-state index >= 15 is 0 Å². The van der Waals surface area contributed by atoms with Gasteiger partial charge >= 0.3 is 5.97 Å². The standard InChI is InChI=1S/C10H10N4O2/c1-6-2-7(4-12-3-6)14-5-8(11)9(13-14)10(15)16/h2-5H,11H2,1H3,(H,15,16). The molecule has 0 atom stereocenters. The summed E-state index contributed by atoms with van der Waals surface area (Å²) in [7, 11) is 0. The van der Waals surface area contributed by atoms with E-state index in [1.165, 1.54) is 10.9 Å². The van der Waals surface area contributed by atoms with E-state index in [9.17, 15) is 4.79 Å². The molecule has 0 aliphatic rings. The maximum Gasteiger partial charge on any atom is 0.358 e. The van der Waals surface area contributed by atoms with Gasteiger partial charge in [0.1, 0.15) is 0 Å². The van der Waals surface area contributed by atoms with Crippen LogP contribution in [0.1, 0.15) is 16.1 Å². The minimum Gasteiger partial charge on any atom is -0.476 e. The number of anilines is 1. The maximum atomic E-state index is 10.8. The third-order valence-electron chi connectivity index (χ3n) is 2.07. The number of aromatic nitrogens is 3. The Morgan fingerprint density at radius 2 is 2.25 bits per heavy atom. The Morgan fingerprint density at radius 3 is 2.81 bits per heavy atom. The number of hydrogen-bond acceptors (Lipinski definition) is 4. The highest BCUT2D eigenvalue weighted by molar-refractivity contribution is 5.91. The number of pyridine rings is 1. The van der Waals surface area contributed by atoms with Crippen LogP contribution in [0, 0.1) is 6.92 Å². The summed E-state index contributed by atoms with van der Waals surface area (Å²) < 4.78 is 1.40. The summed E-state index contributed by atoms with van der Waals surface area (Å²) in [6.07, 6.45) is 4.75. The summed E-state index contributed by atoms with van der Waals surface area (Å²) in [5.74, 6) is -1.14. The Bertz CT molecular complexity index is 548. The minimum atomic E-state index is -1.14. The molecule has 2 aromatic heterocycles. The molecule has 0 aliphatic carbocycles. The lowest BCUT2D eigenvalue weighted by molar-refractivity contribution is 0.0691. The van der Waals surface area contributed by atoms with E-state index in [0.717, 1.165) is 5.56 Å². The van der Waals surface area contributed by atoms with Crippen molar-refractivity contribution in [1.82, 2.24) is 14.8 Å². The molecule has 2 heterocycles. The highest BCUT2D eigenvalue weighted by atomic mass is 16.4. The molecule has 0 aliphatic heterocycles. The van der Waals surface area contributed by atoms with E-state index in [0.29, 0.717) is 5.69 Å². The molecule has 2 aromatic rings. The molecular weight excluding hydrogens is 208 g/mol. The topological polar surface area (TPSA) is 94.0 Å². The van der Waals surface area contributed by atoms with E-state index in [1.54, 1.807) is 12.4 Å². The van der Waals surface area contributed by atoms with E-state index in [-0.39, 0.29) is 11.4 Å². The minimum absolute atomic E-state index is 0.133. The normalized spacial score (nSPS) is 10.3. The molecule has 0 bridgehead atoms. The van der Waals surface area contributed by atoms with Gasteiger partial charge in [-0.2, -0.15) is 5.10 Å². The number of nitrogens with two attached hydrogens (primary N) is 1. The van der Waals surface area contributed by atoms with Crippen molar-refractivity contribution < 1.29 is 9.90 Å². The Labute approximate surface area is 91.3 Å². The van der Waals surface area contributed by atoms with Crippen molar-refractivity contribution in [3.8, 4) is 5.69 Å². The molecule has 0 unspecified atom stereocenters. The Balaban J connectivity index is 2.49.